The number of nitrogens with zero attached hydrogens (tertiary/aromatic N) is 1. The van der Waals surface area contributed by atoms with Crippen molar-refractivity contribution in [3.63, 3.8) is 0 Å². The van der Waals surface area contributed by atoms with Gasteiger partial charge in [0.05, 0.1) is 14.2 Å². The van der Waals surface area contributed by atoms with Crippen molar-refractivity contribution < 1.29 is 27.4 Å². The fraction of sp³-hybridized carbons (Fsp3) is 0.458. The smallest absolute Gasteiger partial charge is 0.319 e. The SMILES string of the molecule is COc1ccc([C@]23CC[C@H](NC(=O)Nc4cc(F)c(F)c(F)c4)C[C@@H]2CN(C)C3)cc1OC. The van der Waals surface area contributed by atoms with Crippen molar-refractivity contribution in [3.8, 4) is 11.5 Å². The first-order valence-electron chi connectivity index (χ1n) is 10.9. The number of urea groups is 1. The number of hydrogen-bond acceptors (Lipinski definition) is 4. The minimum Gasteiger partial charge on any atom is -0.493 e. The number of methoxy groups -OCH3 is 2. The number of rotatable bonds is 5. The number of fused-ring (bicyclic) bond motifs is 1. The Bertz CT molecular complexity index is 1030. The third-order valence-electron chi connectivity index (χ3n) is 6.91. The van der Waals surface area contributed by atoms with E-state index in [1.165, 1.54) is 5.56 Å². The number of likely N-dealkylation sites (N-methyl/N-ethyl adjacent to an activating group) is 1. The van der Waals surface area contributed by atoms with Crippen LogP contribution in [0.15, 0.2) is 30.3 Å². The van der Waals surface area contributed by atoms with Crippen LogP contribution in [-0.2, 0) is 5.41 Å². The molecule has 9 heteroatoms. The van der Waals surface area contributed by atoms with Crippen LogP contribution >= 0.6 is 0 Å². The Morgan fingerprint density at radius 3 is 2.45 bits per heavy atom. The van der Waals surface area contributed by atoms with Crippen LogP contribution < -0.4 is 20.1 Å². The van der Waals surface area contributed by atoms with Crippen LogP contribution in [0.2, 0.25) is 0 Å². The highest BCUT2D eigenvalue weighted by molar-refractivity contribution is 5.89. The van der Waals surface area contributed by atoms with Crippen molar-refractivity contribution in [2.24, 2.45) is 5.92 Å². The molecule has 3 atom stereocenters. The largest absolute Gasteiger partial charge is 0.493 e. The summed E-state index contributed by atoms with van der Waals surface area (Å²) in [4.78, 5) is 14.7. The highest BCUT2D eigenvalue weighted by atomic mass is 19.2. The first-order valence-corrected chi connectivity index (χ1v) is 10.9. The summed E-state index contributed by atoms with van der Waals surface area (Å²) in [6.45, 7) is 1.79. The minimum absolute atomic E-state index is 0.0633. The highest BCUT2D eigenvalue weighted by Gasteiger charge is 2.50. The Hall–Kier alpha value is -2.94. The van der Waals surface area contributed by atoms with Gasteiger partial charge in [0.15, 0.2) is 29.0 Å². The fourth-order valence-corrected chi connectivity index (χ4v) is 5.43. The number of amides is 2. The molecular weight excluding hydrogens is 435 g/mol. The van der Waals surface area contributed by atoms with Gasteiger partial charge in [0.25, 0.3) is 0 Å². The van der Waals surface area contributed by atoms with Gasteiger partial charge < -0.3 is 25.0 Å². The summed E-state index contributed by atoms with van der Waals surface area (Å²) in [5.41, 5.74) is 0.987. The molecule has 2 fully saturated rings. The monoisotopic (exact) mass is 463 g/mol. The number of carbonyl (C=O) groups is 1. The van der Waals surface area contributed by atoms with E-state index in [1.807, 2.05) is 12.1 Å². The molecule has 2 N–H and O–H groups in total. The van der Waals surface area contributed by atoms with Crippen LogP contribution in [0.1, 0.15) is 24.8 Å². The molecule has 4 rings (SSSR count). The quantitative estimate of drug-likeness (QED) is 0.650. The van der Waals surface area contributed by atoms with Gasteiger partial charge in [-0.1, -0.05) is 6.07 Å². The Morgan fingerprint density at radius 2 is 1.79 bits per heavy atom. The van der Waals surface area contributed by atoms with Crippen LogP contribution in [0.5, 0.6) is 11.5 Å². The maximum Gasteiger partial charge on any atom is 0.319 e. The lowest BCUT2D eigenvalue weighted by Crippen LogP contribution is -2.48. The number of nitrogens with one attached hydrogen (secondary N) is 2. The van der Waals surface area contributed by atoms with Crippen LogP contribution in [0.3, 0.4) is 0 Å². The predicted molar refractivity (Wildman–Crippen MR) is 118 cm³/mol. The molecule has 0 bridgehead atoms. The van der Waals surface area contributed by atoms with Gasteiger partial charge in [-0.15, -0.1) is 0 Å². The number of halogens is 3. The van der Waals surface area contributed by atoms with Gasteiger partial charge in [-0.05, 0) is 49.9 Å². The molecule has 1 aliphatic carbocycles. The minimum atomic E-state index is -1.56. The molecule has 1 saturated carbocycles. The first kappa shape index (κ1) is 23.2. The van der Waals surface area contributed by atoms with E-state index >= 15 is 0 Å². The standard InChI is InChI=1S/C24H28F3N3O3/c1-30-12-15-8-16(28-23(31)29-17-10-18(25)22(27)19(26)11-17)6-7-24(15,13-30)14-4-5-20(32-2)21(9-14)33-3/h4-5,9-11,15-16H,6-8,12-13H2,1-3H3,(H2,28,29,31)/t15-,16+,24-/m1/s1. The predicted octanol–water partition coefficient (Wildman–Crippen LogP) is 4.29. The lowest BCUT2D eigenvalue weighted by atomic mass is 9.63. The molecule has 0 radical (unpaired) electrons. The van der Waals surface area contributed by atoms with Gasteiger partial charge in [0.1, 0.15) is 0 Å². The maximum absolute atomic E-state index is 13.4. The molecule has 2 aromatic rings. The van der Waals surface area contributed by atoms with E-state index < -0.39 is 23.5 Å². The van der Waals surface area contributed by atoms with Gasteiger partial charge in [-0.3, -0.25) is 0 Å². The zero-order valence-electron chi connectivity index (χ0n) is 18.9. The summed E-state index contributed by atoms with van der Waals surface area (Å²) >= 11 is 0. The molecule has 2 amide bonds. The third-order valence-corrected chi connectivity index (χ3v) is 6.91. The van der Waals surface area contributed by atoms with Gasteiger partial charge in [0.2, 0.25) is 0 Å². The van der Waals surface area contributed by atoms with Gasteiger partial charge in [-0.25, -0.2) is 18.0 Å². The third kappa shape index (κ3) is 4.46. The molecular formula is C24H28F3N3O3. The topological polar surface area (TPSA) is 62.8 Å². The molecule has 1 saturated heterocycles. The number of anilines is 1. The fourth-order valence-electron chi connectivity index (χ4n) is 5.43. The first-order chi connectivity index (χ1) is 15.8. The molecule has 0 spiro atoms. The van der Waals surface area contributed by atoms with E-state index in [0.717, 1.165) is 44.5 Å². The highest BCUT2D eigenvalue weighted by Crippen LogP contribution is 2.49. The van der Waals surface area contributed by atoms with Crippen molar-refractivity contribution in [2.75, 3.05) is 39.7 Å². The Labute approximate surface area is 191 Å². The number of likely N-dealkylation sites (tertiary alicyclic amines) is 1. The molecule has 1 heterocycles. The van der Waals surface area contributed by atoms with Crippen LogP contribution in [0.25, 0.3) is 0 Å². The molecule has 0 unspecified atom stereocenters. The summed E-state index contributed by atoms with van der Waals surface area (Å²) in [6, 6.07) is 6.91. The zero-order valence-corrected chi connectivity index (χ0v) is 18.9. The van der Waals surface area contributed by atoms with Crippen LogP contribution in [-0.4, -0.2) is 51.3 Å². The van der Waals surface area contributed by atoms with E-state index in [2.05, 4.69) is 28.6 Å². The van der Waals surface area contributed by atoms with Crippen molar-refractivity contribution in [3.05, 3.63) is 53.3 Å². The number of carbonyl (C=O) groups excluding carboxylic acids is 1. The Balaban J connectivity index is 1.47. The molecule has 1 aliphatic heterocycles. The second-order valence-electron chi connectivity index (χ2n) is 8.94. The van der Waals surface area contributed by atoms with Crippen molar-refractivity contribution in [1.29, 1.82) is 0 Å². The summed E-state index contributed by atoms with van der Waals surface area (Å²) in [7, 11) is 5.32. The van der Waals surface area contributed by atoms with Gasteiger partial charge in [0, 0.05) is 42.4 Å². The molecule has 6 nitrogen and oxygen atoms in total. The Morgan fingerprint density at radius 1 is 1.09 bits per heavy atom. The lowest BCUT2D eigenvalue weighted by Gasteiger charge is -2.42. The van der Waals surface area contributed by atoms with E-state index in [0.29, 0.717) is 17.4 Å². The van der Waals surface area contributed by atoms with Gasteiger partial charge >= 0.3 is 6.03 Å². The average molecular weight is 464 g/mol. The molecule has 2 aliphatic rings. The normalized spacial score (nSPS) is 24.8. The van der Waals surface area contributed by atoms with Crippen molar-refractivity contribution in [2.45, 2.75) is 30.7 Å². The van der Waals surface area contributed by atoms with Crippen molar-refractivity contribution in [1.82, 2.24) is 10.2 Å². The summed E-state index contributed by atoms with van der Waals surface area (Å²) < 4.78 is 50.9. The second-order valence-corrected chi connectivity index (χ2v) is 8.94. The summed E-state index contributed by atoms with van der Waals surface area (Å²) in [5, 5.41) is 5.30. The molecule has 0 aromatic heterocycles. The van der Waals surface area contributed by atoms with Crippen LogP contribution in [0, 0.1) is 23.4 Å². The van der Waals surface area contributed by atoms with E-state index in [4.69, 9.17) is 9.47 Å². The number of benzene rings is 2. The molecule has 2 aromatic carbocycles. The van der Waals surface area contributed by atoms with Crippen LogP contribution in [0.4, 0.5) is 23.7 Å². The summed E-state index contributed by atoms with van der Waals surface area (Å²) in [6.07, 6.45) is 2.37. The van der Waals surface area contributed by atoms with E-state index in [-0.39, 0.29) is 17.1 Å². The molecule has 33 heavy (non-hydrogen) atoms. The number of hydrogen-bond donors (Lipinski definition) is 2. The average Bonchev–Trinajstić information content (AvgIpc) is 3.13. The summed E-state index contributed by atoms with van der Waals surface area (Å²) in [5.74, 6) is -2.59. The number of ether oxygens (including phenoxy) is 2. The Kier molecular flexibility index (Phi) is 6.43. The van der Waals surface area contributed by atoms with Gasteiger partial charge in [-0.2, -0.15) is 0 Å². The van der Waals surface area contributed by atoms with E-state index in [9.17, 15) is 18.0 Å². The lowest BCUT2D eigenvalue weighted by molar-refractivity contribution is 0.197. The zero-order chi connectivity index (χ0) is 23.8. The van der Waals surface area contributed by atoms with Crippen molar-refractivity contribution >= 4 is 11.7 Å². The maximum atomic E-state index is 13.4. The second kappa shape index (κ2) is 9.13. The van der Waals surface area contributed by atoms with E-state index in [1.54, 1.807) is 14.2 Å². The molecule has 178 valence electrons.